The van der Waals surface area contributed by atoms with E-state index in [-0.39, 0.29) is 0 Å². The Bertz CT molecular complexity index is 537. The third-order valence-corrected chi connectivity index (χ3v) is 2.86. The zero-order valence-corrected chi connectivity index (χ0v) is 11.2. The van der Waals surface area contributed by atoms with E-state index in [4.69, 9.17) is 21.1 Å². The SMILES string of the molecule is COc1ccc(Oc2ncncc2Cl)c(Br)c1. The number of methoxy groups -OCH3 is 1. The van der Waals surface area contributed by atoms with E-state index in [1.54, 1.807) is 25.3 Å². The summed E-state index contributed by atoms with van der Waals surface area (Å²) in [6.45, 7) is 0. The molecule has 0 fully saturated rings. The molecular formula is C11H8BrClN2O2. The van der Waals surface area contributed by atoms with Crippen LogP contribution in [0.2, 0.25) is 5.02 Å². The van der Waals surface area contributed by atoms with Gasteiger partial charge in [-0.15, -0.1) is 0 Å². The Balaban J connectivity index is 2.28. The average molecular weight is 316 g/mol. The van der Waals surface area contributed by atoms with Crippen molar-refractivity contribution in [3.63, 3.8) is 0 Å². The number of ether oxygens (including phenoxy) is 2. The summed E-state index contributed by atoms with van der Waals surface area (Å²) < 4.78 is 11.4. The number of halogens is 2. The van der Waals surface area contributed by atoms with Crippen molar-refractivity contribution in [1.29, 1.82) is 0 Å². The van der Waals surface area contributed by atoms with Crippen LogP contribution in [0.4, 0.5) is 0 Å². The molecule has 0 saturated heterocycles. The Hall–Kier alpha value is -1.33. The van der Waals surface area contributed by atoms with Crippen molar-refractivity contribution in [2.75, 3.05) is 7.11 Å². The molecule has 6 heteroatoms. The summed E-state index contributed by atoms with van der Waals surface area (Å²) in [7, 11) is 1.60. The van der Waals surface area contributed by atoms with Crippen molar-refractivity contribution in [2.45, 2.75) is 0 Å². The minimum Gasteiger partial charge on any atom is -0.497 e. The van der Waals surface area contributed by atoms with Gasteiger partial charge in [0, 0.05) is 0 Å². The van der Waals surface area contributed by atoms with E-state index < -0.39 is 0 Å². The van der Waals surface area contributed by atoms with Gasteiger partial charge in [0.05, 0.1) is 17.8 Å². The molecule has 0 bridgehead atoms. The van der Waals surface area contributed by atoms with Gasteiger partial charge >= 0.3 is 0 Å². The molecule has 4 nitrogen and oxygen atoms in total. The molecule has 0 unspecified atom stereocenters. The van der Waals surface area contributed by atoms with Crippen molar-refractivity contribution in [1.82, 2.24) is 9.97 Å². The third-order valence-electron chi connectivity index (χ3n) is 1.98. The van der Waals surface area contributed by atoms with E-state index >= 15 is 0 Å². The van der Waals surface area contributed by atoms with Crippen LogP contribution < -0.4 is 9.47 Å². The summed E-state index contributed by atoms with van der Waals surface area (Å²) in [5.74, 6) is 1.65. The lowest BCUT2D eigenvalue weighted by Crippen LogP contribution is -1.91. The smallest absolute Gasteiger partial charge is 0.241 e. The molecule has 0 aliphatic rings. The highest BCUT2D eigenvalue weighted by Gasteiger charge is 2.08. The maximum atomic E-state index is 5.90. The Morgan fingerprint density at radius 1 is 1.35 bits per heavy atom. The fraction of sp³-hybridized carbons (Fsp3) is 0.0909. The molecule has 1 aromatic carbocycles. The van der Waals surface area contributed by atoms with E-state index in [0.29, 0.717) is 16.7 Å². The van der Waals surface area contributed by atoms with Crippen LogP contribution in [-0.2, 0) is 0 Å². The second-order valence-corrected chi connectivity index (χ2v) is 4.34. The van der Waals surface area contributed by atoms with Gasteiger partial charge in [0.1, 0.15) is 22.8 Å². The number of hydrogen-bond donors (Lipinski definition) is 0. The van der Waals surface area contributed by atoms with Crippen LogP contribution in [0.25, 0.3) is 0 Å². The number of aromatic nitrogens is 2. The normalized spacial score (nSPS) is 10.1. The highest BCUT2D eigenvalue weighted by Crippen LogP contribution is 2.33. The van der Waals surface area contributed by atoms with Crippen molar-refractivity contribution >= 4 is 27.5 Å². The minimum atomic E-state index is 0.313. The van der Waals surface area contributed by atoms with Crippen LogP contribution in [0.5, 0.6) is 17.4 Å². The zero-order chi connectivity index (χ0) is 12.3. The summed E-state index contributed by atoms with van der Waals surface area (Å²) in [4.78, 5) is 7.72. The first-order valence-corrected chi connectivity index (χ1v) is 5.84. The number of nitrogens with zero attached hydrogens (tertiary/aromatic N) is 2. The molecule has 0 spiro atoms. The predicted molar refractivity (Wildman–Crippen MR) is 67.8 cm³/mol. The lowest BCUT2D eigenvalue weighted by Gasteiger charge is -2.08. The molecule has 0 N–H and O–H groups in total. The van der Waals surface area contributed by atoms with Gasteiger partial charge in [-0.1, -0.05) is 11.6 Å². The Kier molecular flexibility index (Phi) is 3.81. The molecule has 1 aromatic heterocycles. The lowest BCUT2D eigenvalue weighted by molar-refractivity contribution is 0.411. The van der Waals surface area contributed by atoms with Gasteiger partial charge < -0.3 is 9.47 Å². The van der Waals surface area contributed by atoms with Crippen LogP contribution in [0.15, 0.2) is 35.2 Å². The first-order valence-electron chi connectivity index (χ1n) is 4.67. The Labute approximate surface area is 112 Å². The van der Waals surface area contributed by atoms with Gasteiger partial charge in [0.15, 0.2) is 0 Å². The van der Waals surface area contributed by atoms with Crippen molar-refractivity contribution in [2.24, 2.45) is 0 Å². The number of hydrogen-bond acceptors (Lipinski definition) is 4. The van der Waals surface area contributed by atoms with Gasteiger partial charge in [0.25, 0.3) is 0 Å². The van der Waals surface area contributed by atoms with Crippen molar-refractivity contribution in [3.05, 3.63) is 40.2 Å². The Morgan fingerprint density at radius 2 is 2.18 bits per heavy atom. The van der Waals surface area contributed by atoms with E-state index in [0.717, 1.165) is 10.2 Å². The molecule has 2 aromatic rings. The van der Waals surface area contributed by atoms with Crippen molar-refractivity contribution < 1.29 is 9.47 Å². The van der Waals surface area contributed by atoms with Crippen LogP contribution in [0, 0.1) is 0 Å². The van der Waals surface area contributed by atoms with Gasteiger partial charge in [-0.05, 0) is 34.1 Å². The maximum Gasteiger partial charge on any atom is 0.241 e. The summed E-state index contributed by atoms with van der Waals surface area (Å²) in [5, 5.41) is 0.357. The highest BCUT2D eigenvalue weighted by molar-refractivity contribution is 9.10. The average Bonchev–Trinajstić information content (AvgIpc) is 2.34. The van der Waals surface area contributed by atoms with Crippen LogP contribution >= 0.6 is 27.5 Å². The number of benzene rings is 1. The minimum absolute atomic E-state index is 0.313. The van der Waals surface area contributed by atoms with E-state index in [2.05, 4.69) is 25.9 Å². The molecule has 88 valence electrons. The monoisotopic (exact) mass is 314 g/mol. The van der Waals surface area contributed by atoms with E-state index in [1.165, 1.54) is 12.5 Å². The third kappa shape index (κ3) is 2.87. The predicted octanol–water partition coefficient (Wildman–Crippen LogP) is 3.69. The Morgan fingerprint density at radius 3 is 2.82 bits per heavy atom. The highest BCUT2D eigenvalue weighted by atomic mass is 79.9. The first kappa shape index (κ1) is 12.1. The van der Waals surface area contributed by atoms with E-state index in [9.17, 15) is 0 Å². The fourth-order valence-electron chi connectivity index (χ4n) is 1.17. The molecule has 17 heavy (non-hydrogen) atoms. The summed E-state index contributed by atoms with van der Waals surface area (Å²) >= 11 is 9.27. The number of rotatable bonds is 3. The molecule has 0 aliphatic heterocycles. The standard InChI is InChI=1S/C11H8BrClN2O2/c1-16-7-2-3-10(8(12)4-7)17-11-9(13)5-14-6-15-11/h2-6H,1H3. The van der Waals surface area contributed by atoms with Crippen LogP contribution in [-0.4, -0.2) is 17.1 Å². The first-order chi connectivity index (χ1) is 8.20. The second kappa shape index (κ2) is 5.33. The molecule has 0 amide bonds. The fourth-order valence-corrected chi connectivity index (χ4v) is 1.75. The second-order valence-electron chi connectivity index (χ2n) is 3.07. The summed E-state index contributed by atoms with van der Waals surface area (Å²) in [6.07, 6.45) is 2.85. The maximum absolute atomic E-state index is 5.90. The molecule has 0 aliphatic carbocycles. The quantitative estimate of drug-likeness (QED) is 0.866. The summed E-state index contributed by atoms with van der Waals surface area (Å²) in [6, 6.07) is 5.35. The molecule has 0 radical (unpaired) electrons. The zero-order valence-electron chi connectivity index (χ0n) is 8.85. The molecule has 1 heterocycles. The van der Waals surface area contributed by atoms with Crippen LogP contribution in [0.1, 0.15) is 0 Å². The van der Waals surface area contributed by atoms with E-state index in [1.807, 2.05) is 0 Å². The molecule has 2 rings (SSSR count). The molecular weight excluding hydrogens is 307 g/mol. The van der Waals surface area contributed by atoms with Crippen LogP contribution in [0.3, 0.4) is 0 Å². The van der Waals surface area contributed by atoms with Gasteiger partial charge in [-0.3, -0.25) is 0 Å². The van der Waals surface area contributed by atoms with Gasteiger partial charge in [-0.2, -0.15) is 0 Å². The summed E-state index contributed by atoms with van der Waals surface area (Å²) in [5.41, 5.74) is 0. The van der Waals surface area contributed by atoms with Gasteiger partial charge in [0.2, 0.25) is 5.88 Å². The topological polar surface area (TPSA) is 44.2 Å². The lowest BCUT2D eigenvalue weighted by atomic mass is 10.3. The molecule has 0 atom stereocenters. The van der Waals surface area contributed by atoms with Crippen molar-refractivity contribution in [3.8, 4) is 17.4 Å². The van der Waals surface area contributed by atoms with Gasteiger partial charge in [-0.25, -0.2) is 9.97 Å². The largest absolute Gasteiger partial charge is 0.497 e. The molecule has 0 saturated carbocycles.